The van der Waals surface area contributed by atoms with Gasteiger partial charge in [-0.25, -0.2) is 5.43 Å². The Morgan fingerprint density at radius 3 is 2.43 bits per heavy atom. The van der Waals surface area contributed by atoms with E-state index in [-0.39, 0.29) is 11.6 Å². The Morgan fingerprint density at radius 1 is 1.04 bits per heavy atom. The predicted octanol–water partition coefficient (Wildman–Crippen LogP) is 4.83. The number of ether oxygens (including phenoxy) is 1. The third kappa shape index (κ3) is 5.01. The maximum absolute atomic E-state index is 11.7. The summed E-state index contributed by atoms with van der Waals surface area (Å²) < 4.78 is 5.28. The Morgan fingerprint density at radius 2 is 1.70 bits per heavy atom. The molecular formula is C15H10Cl4N2O2. The van der Waals surface area contributed by atoms with Gasteiger partial charge in [-0.05, 0) is 18.2 Å². The lowest BCUT2D eigenvalue weighted by molar-refractivity contribution is -0.123. The Balaban J connectivity index is 1.89. The number of hydrogen-bond acceptors (Lipinski definition) is 3. The minimum atomic E-state index is -0.463. The van der Waals surface area contributed by atoms with Crippen molar-refractivity contribution < 1.29 is 9.53 Å². The standard InChI is InChI=1S/C15H10Cl4N2O2/c16-10-4-1-3-9(14(10)18)7-20-21-13(22)8-23-12-6-2-5-11(17)15(12)19/h1-7H,8H2,(H,21,22). The van der Waals surface area contributed by atoms with E-state index in [9.17, 15) is 4.79 Å². The normalized spacial score (nSPS) is 10.8. The Labute approximate surface area is 152 Å². The van der Waals surface area contributed by atoms with Gasteiger partial charge in [-0.1, -0.05) is 64.6 Å². The zero-order chi connectivity index (χ0) is 16.8. The molecular weight excluding hydrogens is 382 g/mol. The number of carbonyl (C=O) groups is 1. The van der Waals surface area contributed by atoms with Gasteiger partial charge in [-0.2, -0.15) is 5.10 Å². The maximum atomic E-state index is 11.7. The number of nitrogens with zero attached hydrogens (tertiary/aromatic N) is 1. The van der Waals surface area contributed by atoms with E-state index in [1.54, 1.807) is 36.4 Å². The second-order valence-corrected chi connectivity index (χ2v) is 5.85. The molecule has 0 spiro atoms. The van der Waals surface area contributed by atoms with Gasteiger partial charge in [0.25, 0.3) is 5.91 Å². The Kier molecular flexibility index (Phi) is 6.54. The first-order valence-corrected chi connectivity index (χ1v) is 7.83. The van der Waals surface area contributed by atoms with Crippen LogP contribution in [-0.2, 0) is 4.79 Å². The number of halogens is 4. The minimum absolute atomic E-state index is 0.246. The average molecular weight is 392 g/mol. The van der Waals surface area contributed by atoms with E-state index in [1.807, 2.05) is 0 Å². The van der Waals surface area contributed by atoms with Crippen LogP contribution < -0.4 is 10.2 Å². The summed E-state index contributed by atoms with van der Waals surface area (Å²) in [7, 11) is 0. The van der Waals surface area contributed by atoms with Gasteiger partial charge >= 0.3 is 0 Å². The summed E-state index contributed by atoms with van der Waals surface area (Å²) in [5.41, 5.74) is 2.89. The molecule has 1 N–H and O–H groups in total. The van der Waals surface area contributed by atoms with Crippen molar-refractivity contribution in [3.63, 3.8) is 0 Å². The molecule has 0 saturated carbocycles. The predicted molar refractivity (Wildman–Crippen MR) is 94.2 cm³/mol. The van der Waals surface area contributed by atoms with E-state index in [4.69, 9.17) is 51.1 Å². The molecule has 4 nitrogen and oxygen atoms in total. The molecule has 0 bridgehead atoms. The van der Waals surface area contributed by atoms with E-state index in [1.165, 1.54) is 6.21 Å². The van der Waals surface area contributed by atoms with E-state index in [2.05, 4.69) is 10.5 Å². The van der Waals surface area contributed by atoms with Crippen LogP contribution in [0.4, 0.5) is 0 Å². The van der Waals surface area contributed by atoms with Gasteiger partial charge in [-0.3, -0.25) is 4.79 Å². The van der Waals surface area contributed by atoms with E-state index < -0.39 is 5.91 Å². The number of benzene rings is 2. The number of rotatable bonds is 5. The summed E-state index contributed by atoms with van der Waals surface area (Å²) in [5.74, 6) is -0.147. The van der Waals surface area contributed by atoms with Crippen molar-refractivity contribution in [1.82, 2.24) is 5.43 Å². The summed E-state index contributed by atoms with van der Waals surface area (Å²) in [4.78, 5) is 11.7. The van der Waals surface area contributed by atoms with Gasteiger partial charge in [-0.15, -0.1) is 0 Å². The third-order valence-corrected chi connectivity index (χ3v) is 4.28. The van der Waals surface area contributed by atoms with Crippen LogP contribution in [0.2, 0.25) is 20.1 Å². The molecule has 0 fully saturated rings. The molecule has 0 heterocycles. The third-order valence-electron chi connectivity index (χ3n) is 2.65. The van der Waals surface area contributed by atoms with Crippen molar-refractivity contribution in [1.29, 1.82) is 0 Å². The Hall–Kier alpha value is -1.46. The van der Waals surface area contributed by atoms with E-state index >= 15 is 0 Å². The molecule has 23 heavy (non-hydrogen) atoms. The Bertz CT molecular complexity index is 750. The number of nitrogens with one attached hydrogen (secondary N) is 1. The molecule has 2 aromatic rings. The van der Waals surface area contributed by atoms with Crippen molar-refractivity contribution in [2.45, 2.75) is 0 Å². The quantitative estimate of drug-likeness (QED) is 0.586. The van der Waals surface area contributed by atoms with Crippen molar-refractivity contribution in [3.05, 3.63) is 62.1 Å². The second kappa shape index (κ2) is 8.41. The highest BCUT2D eigenvalue weighted by molar-refractivity contribution is 6.43. The van der Waals surface area contributed by atoms with Crippen LogP contribution in [0, 0.1) is 0 Å². The first kappa shape index (κ1) is 17.9. The summed E-state index contributed by atoms with van der Waals surface area (Å²) in [6, 6.07) is 9.99. The zero-order valence-electron chi connectivity index (χ0n) is 11.5. The molecule has 0 saturated heterocycles. The molecule has 0 aliphatic heterocycles. The van der Waals surface area contributed by atoms with Crippen molar-refractivity contribution >= 4 is 58.5 Å². The SMILES string of the molecule is O=C(COc1cccc(Cl)c1Cl)NN=Cc1cccc(Cl)c1Cl. The smallest absolute Gasteiger partial charge is 0.277 e. The fourth-order valence-electron chi connectivity index (χ4n) is 1.57. The fourth-order valence-corrected chi connectivity index (χ4v) is 2.27. The molecule has 0 aliphatic carbocycles. The highest BCUT2D eigenvalue weighted by Crippen LogP contribution is 2.31. The number of hydrogen-bond donors (Lipinski definition) is 1. The molecule has 2 rings (SSSR count). The average Bonchev–Trinajstić information content (AvgIpc) is 2.53. The van der Waals surface area contributed by atoms with Crippen LogP contribution in [0.3, 0.4) is 0 Å². The van der Waals surface area contributed by atoms with E-state index in [0.29, 0.717) is 26.4 Å². The molecule has 0 radical (unpaired) electrons. The summed E-state index contributed by atoms with van der Waals surface area (Å²) in [5, 5.41) is 5.14. The van der Waals surface area contributed by atoms with Gasteiger partial charge in [0.2, 0.25) is 0 Å². The van der Waals surface area contributed by atoms with Crippen molar-refractivity contribution in [2.75, 3.05) is 6.61 Å². The highest BCUT2D eigenvalue weighted by atomic mass is 35.5. The highest BCUT2D eigenvalue weighted by Gasteiger charge is 2.08. The molecule has 120 valence electrons. The maximum Gasteiger partial charge on any atom is 0.277 e. The minimum Gasteiger partial charge on any atom is -0.482 e. The van der Waals surface area contributed by atoms with Gasteiger partial charge in [0.15, 0.2) is 6.61 Å². The monoisotopic (exact) mass is 390 g/mol. The largest absolute Gasteiger partial charge is 0.482 e. The topological polar surface area (TPSA) is 50.7 Å². The zero-order valence-corrected chi connectivity index (χ0v) is 14.5. The number of carbonyl (C=O) groups excluding carboxylic acids is 1. The van der Waals surface area contributed by atoms with Crippen LogP contribution in [-0.4, -0.2) is 18.7 Å². The second-order valence-electron chi connectivity index (χ2n) is 4.28. The molecule has 0 aliphatic rings. The van der Waals surface area contributed by atoms with Gasteiger partial charge in [0.1, 0.15) is 10.8 Å². The first-order chi connectivity index (χ1) is 11.0. The molecule has 0 atom stereocenters. The number of amides is 1. The summed E-state index contributed by atoms with van der Waals surface area (Å²) in [6.45, 7) is -0.263. The van der Waals surface area contributed by atoms with Crippen molar-refractivity contribution in [3.8, 4) is 5.75 Å². The van der Waals surface area contributed by atoms with Crippen LogP contribution in [0.1, 0.15) is 5.56 Å². The van der Waals surface area contributed by atoms with E-state index in [0.717, 1.165) is 0 Å². The first-order valence-electron chi connectivity index (χ1n) is 6.31. The molecule has 8 heteroatoms. The van der Waals surface area contributed by atoms with Crippen LogP contribution in [0.15, 0.2) is 41.5 Å². The van der Waals surface area contributed by atoms with Gasteiger partial charge in [0.05, 0.1) is 21.3 Å². The van der Waals surface area contributed by atoms with Gasteiger partial charge in [0, 0.05) is 5.56 Å². The molecule has 1 amide bonds. The summed E-state index contributed by atoms with van der Waals surface area (Å²) in [6.07, 6.45) is 1.39. The molecule has 0 unspecified atom stereocenters. The lowest BCUT2D eigenvalue weighted by atomic mass is 10.2. The molecule has 0 aromatic heterocycles. The molecule has 2 aromatic carbocycles. The van der Waals surface area contributed by atoms with Crippen LogP contribution >= 0.6 is 46.4 Å². The van der Waals surface area contributed by atoms with Gasteiger partial charge < -0.3 is 4.74 Å². The lowest BCUT2D eigenvalue weighted by Crippen LogP contribution is -2.24. The number of hydrazone groups is 1. The fraction of sp³-hybridized carbons (Fsp3) is 0.0667. The van der Waals surface area contributed by atoms with Crippen LogP contribution in [0.5, 0.6) is 5.75 Å². The van der Waals surface area contributed by atoms with Crippen molar-refractivity contribution in [2.24, 2.45) is 5.10 Å². The summed E-state index contributed by atoms with van der Waals surface area (Å²) >= 11 is 23.7. The lowest BCUT2D eigenvalue weighted by Gasteiger charge is -2.07. The van der Waals surface area contributed by atoms with Crippen LogP contribution in [0.25, 0.3) is 0 Å².